The van der Waals surface area contributed by atoms with Crippen LogP contribution in [0.2, 0.25) is 0 Å². The minimum absolute atomic E-state index is 0.00940. The van der Waals surface area contributed by atoms with Gasteiger partial charge < -0.3 is 10.0 Å². The number of nitrogens with zero attached hydrogens (tertiary/aromatic N) is 2. The van der Waals surface area contributed by atoms with Crippen LogP contribution in [0.3, 0.4) is 0 Å². The Hall–Kier alpha value is -3.20. The Morgan fingerprint density at radius 1 is 1.03 bits per heavy atom. The molecule has 0 aliphatic carbocycles. The molecule has 1 N–H and O–H groups in total. The molecule has 0 saturated heterocycles. The summed E-state index contributed by atoms with van der Waals surface area (Å²) in [4.78, 5) is 28.1. The number of imide groups is 1. The number of anilines is 1. The van der Waals surface area contributed by atoms with Crippen molar-refractivity contribution in [3.8, 4) is 0 Å². The van der Waals surface area contributed by atoms with Crippen molar-refractivity contribution in [2.45, 2.75) is 6.18 Å². The summed E-state index contributed by atoms with van der Waals surface area (Å²) in [6.45, 7) is -0.308. The number of benzene rings is 2. The molecular formula is C20H16F4N2O3. The largest absolute Gasteiger partial charge is 0.416 e. The van der Waals surface area contributed by atoms with E-state index in [-0.39, 0.29) is 35.7 Å². The number of aliphatic hydroxyl groups is 1. The maximum Gasteiger partial charge on any atom is 0.416 e. The van der Waals surface area contributed by atoms with Gasteiger partial charge in [0.25, 0.3) is 11.8 Å². The molecule has 2 amide bonds. The Bertz CT molecular complexity index is 984. The van der Waals surface area contributed by atoms with Crippen LogP contribution >= 0.6 is 0 Å². The summed E-state index contributed by atoms with van der Waals surface area (Å²) >= 11 is 0. The molecule has 0 radical (unpaired) electrons. The molecule has 2 aromatic carbocycles. The summed E-state index contributed by atoms with van der Waals surface area (Å²) in [6.07, 6.45) is -4.65. The van der Waals surface area contributed by atoms with Crippen molar-refractivity contribution in [2.75, 3.05) is 25.1 Å². The Kier molecular flexibility index (Phi) is 5.43. The molecule has 1 aliphatic rings. The fraction of sp³-hybridized carbons (Fsp3) is 0.200. The first-order valence-electron chi connectivity index (χ1n) is 8.53. The molecule has 0 unspecified atom stereocenters. The highest BCUT2D eigenvalue weighted by Gasteiger charge is 2.42. The van der Waals surface area contributed by atoms with Gasteiger partial charge >= 0.3 is 6.18 Å². The third kappa shape index (κ3) is 3.86. The van der Waals surface area contributed by atoms with Crippen molar-refractivity contribution in [3.05, 3.63) is 71.2 Å². The summed E-state index contributed by atoms with van der Waals surface area (Å²) in [7, 11) is 1.47. The molecule has 5 nitrogen and oxygen atoms in total. The van der Waals surface area contributed by atoms with Crippen molar-refractivity contribution in [2.24, 2.45) is 0 Å². The van der Waals surface area contributed by atoms with Gasteiger partial charge in [-0.1, -0.05) is 18.2 Å². The average molecular weight is 408 g/mol. The number of carbonyl (C=O) groups excluding carboxylic acids is 2. The average Bonchev–Trinajstić information content (AvgIpc) is 2.92. The number of alkyl halides is 3. The summed E-state index contributed by atoms with van der Waals surface area (Å²) in [6, 6.07) is 8.70. The summed E-state index contributed by atoms with van der Waals surface area (Å²) < 4.78 is 52.5. The van der Waals surface area contributed by atoms with Gasteiger partial charge in [-0.25, -0.2) is 9.29 Å². The lowest BCUT2D eigenvalue weighted by Crippen LogP contribution is -2.35. The molecule has 3 rings (SSSR count). The van der Waals surface area contributed by atoms with Crippen LogP contribution in [0.4, 0.5) is 23.2 Å². The smallest absolute Gasteiger partial charge is 0.395 e. The molecule has 0 fully saturated rings. The number of hydrogen-bond donors (Lipinski definition) is 1. The molecule has 0 spiro atoms. The first kappa shape index (κ1) is 20.5. The topological polar surface area (TPSA) is 60.9 Å². The molecule has 0 atom stereocenters. The van der Waals surface area contributed by atoms with Crippen LogP contribution in [0, 0.1) is 5.82 Å². The summed E-state index contributed by atoms with van der Waals surface area (Å²) in [5.41, 5.74) is -1.17. The fourth-order valence-corrected chi connectivity index (χ4v) is 3.07. The number of aliphatic hydroxyl groups excluding tert-OH is 1. The molecular weight excluding hydrogens is 392 g/mol. The van der Waals surface area contributed by atoms with Crippen molar-refractivity contribution >= 4 is 23.1 Å². The van der Waals surface area contributed by atoms with Gasteiger partial charge in [-0.2, -0.15) is 13.2 Å². The number of amides is 2. The zero-order chi connectivity index (χ0) is 21.3. The Morgan fingerprint density at radius 2 is 1.69 bits per heavy atom. The van der Waals surface area contributed by atoms with E-state index in [1.807, 2.05) is 0 Å². The summed E-state index contributed by atoms with van der Waals surface area (Å²) in [5, 5.41) is 9.20. The van der Waals surface area contributed by atoms with E-state index >= 15 is 0 Å². The highest BCUT2D eigenvalue weighted by molar-refractivity contribution is 6.45. The number of halogens is 4. The molecule has 0 aromatic heterocycles. The Labute approximate surface area is 163 Å². The monoisotopic (exact) mass is 408 g/mol. The van der Waals surface area contributed by atoms with Crippen LogP contribution in [0.15, 0.2) is 54.2 Å². The minimum atomic E-state index is -4.65. The number of carbonyl (C=O) groups is 2. The zero-order valence-electron chi connectivity index (χ0n) is 15.2. The van der Waals surface area contributed by atoms with Crippen LogP contribution in [0.5, 0.6) is 0 Å². The van der Waals surface area contributed by atoms with Crippen molar-refractivity contribution < 1.29 is 32.3 Å². The predicted octanol–water partition coefficient (Wildman–Crippen LogP) is 3.05. The van der Waals surface area contributed by atoms with Gasteiger partial charge in [-0.05, 0) is 35.9 Å². The van der Waals surface area contributed by atoms with E-state index in [4.69, 9.17) is 0 Å². The molecule has 1 aliphatic heterocycles. The van der Waals surface area contributed by atoms with E-state index in [9.17, 15) is 32.3 Å². The van der Waals surface area contributed by atoms with Crippen molar-refractivity contribution in [1.82, 2.24) is 4.90 Å². The highest BCUT2D eigenvalue weighted by atomic mass is 19.4. The quantitative estimate of drug-likeness (QED) is 0.610. The molecule has 0 bridgehead atoms. The lowest BCUT2D eigenvalue weighted by atomic mass is 10.0. The standard InChI is InChI=1S/C20H16F4N2O3/c1-25(9-10-27)17-16(12-5-7-14(21)8-6-12)18(28)26(19(17)29)15-4-2-3-13(11-15)20(22,23)24/h2-8,11,27H,9-10H2,1H3. The molecule has 1 heterocycles. The number of rotatable bonds is 5. The van der Waals surface area contributed by atoms with Crippen LogP contribution in [-0.2, 0) is 15.8 Å². The normalized spacial score (nSPS) is 14.8. The van der Waals surface area contributed by atoms with E-state index in [0.717, 1.165) is 24.3 Å². The molecule has 9 heteroatoms. The van der Waals surface area contributed by atoms with Crippen molar-refractivity contribution in [3.63, 3.8) is 0 Å². The first-order valence-corrected chi connectivity index (χ1v) is 8.53. The van der Waals surface area contributed by atoms with Crippen molar-refractivity contribution in [1.29, 1.82) is 0 Å². The van der Waals surface area contributed by atoms with Gasteiger partial charge in [0, 0.05) is 13.6 Å². The van der Waals surface area contributed by atoms with Crippen LogP contribution in [0.25, 0.3) is 5.57 Å². The van der Waals surface area contributed by atoms with E-state index in [1.165, 1.54) is 30.1 Å². The highest BCUT2D eigenvalue weighted by Crippen LogP contribution is 2.37. The maximum atomic E-state index is 13.3. The van der Waals surface area contributed by atoms with Gasteiger partial charge in [0.15, 0.2) is 0 Å². The van der Waals surface area contributed by atoms with E-state index in [2.05, 4.69) is 0 Å². The second-order valence-corrected chi connectivity index (χ2v) is 6.37. The van der Waals surface area contributed by atoms with Gasteiger partial charge in [-0.15, -0.1) is 0 Å². The maximum absolute atomic E-state index is 13.3. The minimum Gasteiger partial charge on any atom is -0.395 e. The molecule has 0 saturated carbocycles. The fourth-order valence-electron chi connectivity index (χ4n) is 3.07. The predicted molar refractivity (Wildman–Crippen MR) is 97.0 cm³/mol. The molecule has 152 valence electrons. The van der Waals surface area contributed by atoms with Gasteiger partial charge in [-0.3, -0.25) is 9.59 Å². The summed E-state index contributed by atoms with van der Waals surface area (Å²) in [5.74, 6) is -2.21. The SMILES string of the molecule is CN(CCO)C1=C(c2ccc(F)cc2)C(=O)N(c2cccc(C(F)(F)F)c2)C1=O. The number of hydrogen-bond acceptors (Lipinski definition) is 4. The van der Waals surface area contributed by atoms with Gasteiger partial charge in [0.2, 0.25) is 0 Å². The van der Waals surface area contributed by atoms with Gasteiger partial charge in [0.05, 0.1) is 23.4 Å². The third-order valence-corrected chi connectivity index (χ3v) is 4.44. The Balaban J connectivity index is 2.12. The molecule has 2 aromatic rings. The lowest BCUT2D eigenvalue weighted by molar-refractivity contribution is -0.137. The first-order chi connectivity index (χ1) is 13.6. The lowest BCUT2D eigenvalue weighted by Gasteiger charge is -2.21. The number of likely N-dealkylation sites (N-methyl/N-ethyl adjacent to an activating group) is 1. The van der Waals surface area contributed by atoms with Crippen LogP contribution < -0.4 is 4.90 Å². The Morgan fingerprint density at radius 3 is 2.28 bits per heavy atom. The second-order valence-electron chi connectivity index (χ2n) is 6.37. The van der Waals surface area contributed by atoms with Crippen LogP contribution in [0.1, 0.15) is 11.1 Å². The second kappa shape index (κ2) is 7.67. The van der Waals surface area contributed by atoms with Gasteiger partial charge in [0.1, 0.15) is 11.5 Å². The van der Waals surface area contributed by atoms with E-state index < -0.39 is 29.4 Å². The van der Waals surface area contributed by atoms with Crippen LogP contribution in [-0.4, -0.2) is 42.0 Å². The van der Waals surface area contributed by atoms with E-state index in [1.54, 1.807) is 0 Å². The van der Waals surface area contributed by atoms with E-state index in [0.29, 0.717) is 11.0 Å². The zero-order valence-corrected chi connectivity index (χ0v) is 15.2. The molecule has 29 heavy (non-hydrogen) atoms. The third-order valence-electron chi connectivity index (χ3n) is 4.44.